The van der Waals surface area contributed by atoms with Crippen molar-refractivity contribution in [2.24, 2.45) is 0 Å². The number of aromatic nitrogens is 2. The van der Waals surface area contributed by atoms with E-state index in [9.17, 15) is 14.2 Å². The van der Waals surface area contributed by atoms with Gasteiger partial charge in [0.1, 0.15) is 18.3 Å². The fraction of sp³-hybridized carbons (Fsp3) is 0.692. The SMILES string of the molecule is CCOC1C(C(C)OP(=O)(O)O)OC(n2ccc(=O)[nH]c2=O)C1OC. The van der Waals surface area contributed by atoms with Gasteiger partial charge >= 0.3 is 13.5 Å². The van der Waals surface area contributed by atoms with E-state index in [-0.39, 0.29) is 6.61 Å². The minimum Gasteiger partial charge on any atom is -0.374 e. The summed E-state index contributed by atoms with van der Waals surface area (Å²) in [4.78, 5) is 43.4. The van der Waals surface area contributed by atoms with Crippen LogP contribution >= 0.6 is 7.82 Å². The molecule has 142 valence electrons. The van der Waals surface area contributed by atoms with Gasteiger partial charge in [0.05, 0.1) is 6.10 Å². The van der Waals surface area contributed by atoms with Crippen molar-refractivity contribution in [3.05, 3.63) is 33.1 Å². The molecule has 1 fully saturated rings. The van der Waals surface area contributed by atoms with E-state index in [2.05, 4.69) is 9.51 Å². The minimum atomic E-state index is -4.75. The summed E-state index contributed by atoms with van der Waals surface area (Å²) in [5.41, 5.74) is -1.27. The van der Waals surface area contributed by atoms with E-state index in [4.69, 9.17) is 24.0 Å². The molecule has 0 bridgehead atoms. The van der Waals surface area contributed by atoms with Crippen LogP contribution in [0.5, 0.6) is 0 Å². The fourth-order valence-corrected chi connectivity index (χ4v) is 3.36. The Morgan fingerprint density at radius 1 is 1.40 bits per heavy atom. The van der Waals surface area contributed by atoms with Gasteiger partial charge in [-0.1, -0.05) is 0 Å². The molecule has 25 heavy (non-hydrogen) atoms. The normalized spacial score (nSPS) is 28.2. The van der Waals surface area contributed by atoms with Crippen LogP contribution in [0.15, 0.2) is 21.9 Å². The van der Waals surface area contributed by atoms with Crippen LogP contribution in [0.25, 0.3) is 0 Å². The van der Waals surface area contributed by atoms with Gasteiger partial charge in [0.25, 0.3) is 5.56 Å². The van der Waals surface area contributed by atoms with Crippen LogP contribution in [0.2, 0.25) is 0 Å². The smallest absolute Gasteiger partial charge is 0.374 e. The quantitative estimate of drug-likeness (QED) is 0.525. The van der Waals surface area contributed by atoms with Gasteiger partial charge in [0.2, 0.25) is 0 Å². The van der Waals surface area contributed by atoms with Crippen LogP contribution in [-0.4, -0.2) is 57.5 Å². The molecule has 11 nitrogen and oxygen atoms in total. The van der Waals surface area contributed by atoms with Gasteiger partial charge in [0.15, 0.2) is 6.23 Å². The number of rotatable bonds is 7. The van der Waals surface area contributed by atoms with Gasteiger partial charge in [-0.15, -0.1) is 0 Å². The first kappa shape index (κ1) is 20.0. The highest BCUT2D eigenvalue weighted by molar-refractivity contribution is 7.46. The predicted octanol–water partition coefficient (Wildman–Crippen LogP) is -0.648. The van der Waals surface area contributed by atoms with Crippen molar-refractivity contribution in [3.63, 3.8) is 0 Å². The lowest BCUT2D eigenvalue weighted by atomic mass is 10.1. The number of H-pyrrole nitrogens is 1. The zero-order chi connectivity index (χ0) is 18.8. The largest absolute Gasteiger partial charge is 0.469 e. The molecule has 0 aliphatic carbocycles. The lowest BCUT2D eigenvalue weighted by molar-refractivity contribution is -0.0871. The van der Waals surface area contributed by atoms with Crippen molar-refractivity contribution in [2.45, 2.75) is 44.5 Å². The van der Waals surface area contributed by atoms with Crippen LogP contribution in [0, 0.1) is 0 Å². The maximum Gasteiger partial charge on any atom is 0.469 e. The van der Waals surface area contributed by atoms with Gasteiger partial charge in [-0.2, -0.15) is 0 Å². The number of hydrogen-bond donors (Lipinski definition) is 3. The Labute approximate surface area is 142 Å². The highest BCUT2D eigenvalue weighted by Crippen LogP contribution is 2.42. The Kier molecular flexibility index (Phi) is 6.33. The highest BCUT2D eigenvalue weighted by atomic mass is 31.2. The van der Waals surface area contributed by atoms with E-state index in [1.54, 1.807) is 6.92 Å². The first-order valence-corrected chi connectivity index (χ1v) is 9.06. The van der Waals surface area contributed by atoms with E-state index in [0.29, 0.717) is 0 Å². The van der Waals surface area contributed by atoms with E-state index < -0.39 is 49.7 Å². The maximum atomic E-state index is 12.0. The molecular formula is C13H21N2O9P. The van der Waals surface area contributed by atoms with Crippen molar-refractivity contribution in [3.8, 4) is 0 Å². The molecule has 0 radical (unpaired) electrons. The molecule has 1 aliphatic rings. The summed E-state index contributed by atoms with van der Waals surface area (Å²) in [5.74, 6) is 0. The van der Waals surface area contributed by atoms with E-state index in [1.807, 2.05) is 0 Å². The Bertz CT molecular complexity index is 742. The predicted molar refractivity (Wildman–Crippen MR) is 84.0 cm³/mol. The Morgan fingerprint density at radius 3 is 2.60 bits per heavy atom. The minimum absolute atomic E-state index is 0.278. The maximum absolute atomic E-state index is 12.0. The summed E-state index contributed by atoms with van der Waals surface area (Å²) in [6, 6.07) is 1.15. The summed E-state index contributed by atoms with van der Waals surface area (Å²) in [6.07, 6.45) is -3.20. The van der Waals surface area contributed by atoms with Crippen molar-refractivity contribution in [2.75, 3.05) is 13.7 Å². The molecule has 1 aromatic heterocycles. The number of aromatic amines is 1. The van der Waals surface area contributed by atoms with Gasteiger partial charge in [-0.3, -0.25) is 18.9 Å². The molecule has 0 aromatic carbocycles. The van der Waals surface area contributed by atoms with Crippen LogP contribution in [0.4, 0.5) is 0 Å². The highest BCUT2D eigenvalue weighted by Gasteiger charge is 2.50. The number of phosphoric acid groups is 1. The van der Waals surface area contributed by atoms with Crippen LogP contribution in [0.3, 0.4) is 0 Å². The summed E-state index contributed by atoms with van der Waals surface area (Å²) in [6.45, 7) is 3.43. The molecule has 1 aromatic rings. The van der Waals surface area contributed by atoms with Gasteiger partial charge < -0.3 is 24.0 Å². The molecule has 12 heteroatoms. The second-order valence-electron chi connectivity index (χ2n) is 5.43. The number of phosphoric ester groups is 1. The third kappa shape index (κ3) is 4.64. The fourth-order valence-electron chi connectivity index (χ4n) is 2.80. The lowest BCUT2D eigenvalue weighted by Crippen LogP contribution is -2.42. The molecule has 0 saturated carbocycles. The summed E-state index contributed by atoms with van der Waals surface area (Å²) >= 11 is 0. The molecule has 3 N–H and O–H groups in total. The summed E-state index contributed by atoms with van der Waals surface area (Å²) in [7, 11) is -3.36. The Hall–Kier alpha value is -1.33. The van der Waals surface area contributed by atoms with Crippen molar-refractivity contribution in [1.29, 1.82) is 0 Å². The molecule has 2 rings (SSSR count). The molecule has 1 aliphatic heterocycles. The van der Waals surface area contributed by atoms with Gasteiger partial charge in [-0.05, 0) is 13.8 Å². The Balaban J connectivity index is 2.37. The average molecular weight is 380 g/mol. The first-order chi connectivity index (χ1) is 11.7. The molecule has 1 saturated heterocycles. The van der Waals surface area contributed by atoms with E-state index >= 15 is 0 Å². The topological polar surface area (TPSA) is 149 Å². The Morgan fingerprint density at radius 2 is 2.08 bits per heavy atom. The second kappa shape index (κ2) is 7.92. The number of nitrogens with one attached hydrogen (secondary N) is 1. The average Bonchev–Trinajstić information content (AvgIpc) is 2.84. The first-order valence-electron chi connectivity index (χ1n) is 7.53. The molecular weight excluding hydrogens is 359 g/mol. The molecule has 0 spiro atoms. The number of methoxy groups -OCH3 is 1. The number of nitrogens with zero attached hydrogens (tertiary/aromatic N) is 1. The van der Waals surface area contributed by atoms with Crippen molar-refractivity contribution >= 4 is 7.82 Å². The standard InChI is InChI=1S/C13H21N2O9P/c1-4-22-10-9(7(2)24-25(18,19)20)23-12(11(10)21-3)15-6-5-8(16)14-13(15)17/h5-7,9-12H,4H2,1-3H3,(H,14,16,17)(H2,18,19,20). The van der Waals surface area contributed by atoms with E-state index in [1.165, 1.54) is 20.2 Å². The second-order valence-corrected chi connectivity index (χ2v) is 6.62. The zero-order valence-corrected chi connectivity index (χ0v) is 14.8. The third-order valence-corrected chi connectivity index (χ3v) is 4.36. The van der Waals surface area contributed by atoms with Crippen molar-refractivity contribution < 1.29 is 33.1 Å². The molecule has 5 unspecified atom stereocenters. The van der Waals surface area contributed by atoms with Crippen LogP contribution in [-0.2, 0) is 23.3 Å². The summed E-state index contributed by atoms with van der Waals surface area (Å²) < 4.78 is 33.7. The monoisotopic (exact) mass is 380 g/mol. The molecule has 5 atom stereocenters. The van der Waals surface area contributed by atoms with Crippen LogP contribution in [0.1, 0.15) is 20.1 Å². The van der Waals surface area contributed by atoms with Gasteiger partial charge in [-0.25, -0.2) is 9.36 Å². The van der Waals surface area contributed by atoms with Crippen LogP contribution < -0.4 is 11.2 Å². The molecule has 2 heterocycles. The third-order valence-electron chi connectivity index (χ3n) is 3.75. The summed E-state index contributed by atoms with van der Waals surface area (Å²) in [5, 5.41) is 0. The molecule has 0 amide bonds. The zero-order valence-electron chi connectivity index (χ0n) is 13.9. The van der Waals surface area contributed by atoms with Crippen molar-refractivity contribution in [1.82, 2.24) is 9.55 Å². The number of ether oxygens (including phenoxy) is 3. The van der Waals surface area contributed by atoms with Gasteiger partial charge in [0, 0.05) is 26.0 Å². The lowest BCUT2D eigenvalue weighted by Gasteiger charge is -2.26. The van der Waals surface area contributed by atoms with E-state index in [0.717, 1.165) is 10.6 Å². The number of hydrogen-bond acceptors (Lipinski definition) is 7.